The lowest BCUT2D eigenvalue weighted by Gasteiger charge is -2.41. The van der Waals surface area contributed by atoms with Crippen LogP contribution in [0.4, 0.5) is 0 Å². The van der Waals surface area contributed by atoms with E-state index in [-0.39, 0.29) is 18.1 Å². The number of carbonyl (C=O) groups excluding carboxylic acids is 1. The Balaban J connectivity index is 1.53. The summed E-state index contributed by atoms with van der Waals surface area (Å²) in [4.78, 5) is 22.3. The van der Waals surface area contributed by atoms with Crippen molar-refractivity contribution in [3.05, 3.63) is 46.7 Å². The van der Waals surface area contributed by atoms with Gasteiger partial charge in [-0.3, -0.25) is 14.7 Å². The molecule has 3 heterocycles. The molecule has 0 aliphatic carbocycles. The number of piperidine rings is 1. The van der Waals surface area contributed by atoms with Crippen LogP contribution in [0, 0.1) is 0 Å². The second-order valence-corrected chi connectivity index (χ2v) is 6.91. The summed E-state index contributed by atoms with van der Waals surface area (Å²) in [5.74, 6) is -0.360. The molecule has 0 radical (unpaired) electrons. The highest BCUT2D eigenvalue weighted by atomic mass is 32.1. The first-order valence-electron chi connectivity index (χ1n) is 7.77. The van der Waals surface area contributed by atoms with Crippen LogP contribution in [-0.4, -0.2) is 62.3 Å². The molecule has 0 aromatic carbocycles. The quantitative estimate of drug-likeness (QED) is 0.717. The molecule has 2 aromatic rings. The first-order chi connectivity index (χ1) is 11.6. The van der Waals surface area contributed by atoms with Crippen molar-refractivity contribution < 1.29 is 15.0 Å². The van der Waals surface area contributed by atoms with Crippen molar-refractivity contribution in [2.45, 2.75) is 24.7 Å². The van der Waals surface area contributed by atoms with E-state index in [2.05, 4.69) is 20.2 Å². The number of aromatic nitrogens is 2. The molecule has 0 saturated carbocycles. The Hall–Kier alpha value is -1.87. The summed E-state index contributed by atoms with van der Waals surface area (Å²) in [5.41, 5.74) is -1.04. The Morgan fingerprint density at radius 3 is 2.96 bits per heavy atom. The van der Waals surface area contributed by atoms with Crippen molar-refractivity contribution in [2.75, 3.05) is 19.6 Å². The van der Waals surface area contributed by atoms with E-state index in [9.17, 15) is 15.0 Å². The number of aliphatic hydroxyl groups is 2. The smallest absolute Gasteiger partial charge is 0.269 e. The molecule has 1 amide bonds. The fraction of sp³-hybridized carbons (Fsp3) is 0.438. The average molecular weight is 348 g/mol. The molecule has 24 heavy (non-hydrogen) atoms. The number of nitrogens with one attached hydrogen (secondary N) is 1. The van der Waals surface area contributed by atoms with E-state index in [0.29, 0.717) is 26.1 Å². The van der Waals surface area contributed by atoms with Crippen LogP contribution in [0.3, 0.4) is 0 Å². The molecule has 2 atom stereocenters. The van der Waals surface area contributed by atoms with E-state index in [0.717, 1.165) is 5.01 Å². The van der Waals surface area contributed by atoms with Gasteiger partial charge >= 0.3 is 0 Å². The van der Waals surface area contributed by atoms with Gasteiger partial charge in [0.05, 0.1) is 12.6 Å². The van der Waals surface area contributed by atoms with Crippen LogP contribution in [0.5, 0.6) is 0 Å². The van der Waals surface area contributed by atoms with Gasteiger partial charge in [-0.15, -0.1) is 11.3 Å². The summed E-state index contributed by atoms with van der Waals surface area (Å²) in [6.45, 7) is 1.63. The SMILES string of the molecule is O=C(NC[C@]1(O)CCN(Cc2nccs2)C[C@H]1O)c1ccccn1. The molecule has 2 aromatic heterocycles. The van der Waals surface area contributed by atoms with Crippen molar-refractivity contribution in [1.29, 1.82) is 0 Å². The molecule has 3 N–H and O–H groups in total. The highest BCUT2D eigenvalue weighted by Crippen LogP contribution is 2.24. The van der Waals surface area contributed by atoms with Gasteiger partial charge in [0, 0.05) is 37.4 Å². The Bertz CT molecular complexity index is 667. The molecule has 1 aliphatic rings. The number of carbonyl (C=O) groups is 1. The van der Waals surface area contributed by atoms with Crippen LogP contribution in [-0.2, 0) is 6.54 Å². The summed E-state index contributed by atoms with van der Waals surface area (Å²) >= 11 is 1.57. The van der Waals surface area contributed by atoms with Crippen LogP contribution in [0.25, 0.3) is 0 Å². The van der Waals surface area contributed by atoms with Crippen molar-refractivity contribution in [2.24, 2.45) is 0 Å². The maximum atomic E-state index is 12.0. The first-order valence-corrected chi connectivity index (χ1v) is 8.65. The highest BCUT2D eigenvalue weighted by Gasteiger charge is 2.41. The van der Waals surface area contributed by atoms with E-state index in [1.807, 2.05) is 5.38 Å². The van der Waals surface area contributed by atoms with Crippen LogP contribution in [0.2, 0.25) is 0 Å². The summed E-state index contributed by atoms with van der Waals surface area (Å²) in [7, 11) is 0. The number of likely N-dealkylation sites (tertiary alicyclic amines) is 1. The van der Waals surface area contributed by atoms with Gasteiger partial charge in [-0.05, 0) is 18.6 Å². The Labute approximate surface area is 144 Å². The van der Waals surface area contributed by atoms with Gasteiger partial charge < -0.3 is 15.5 Å². The maximum absolute atomic E-state index is 12.0. The number of aliphatic hydroxyl groups excluding tert-OH is 1. The number of rotatable bonds is 5. The number of amides is 1. The Morgan fingerprint density at radius 2 is 2.29 bits per heavy atom. The fourth-order valence-corrected chi connectivity index (χ4v) is 3.37. The maximum Gasteiger partial charge on any atom is 0.269 e. The zero-order chi connectivity index (χ0) is 17.0. The molecule has 1 fully saturated rings. The zero-order valence-corrected chi connectivity index (χ0v) is 13.9. The highest BCUT2D eigenvalue weighted by molar-refractivity contribution is 7.09. The van der Waals surface area contributed by atoms with E-state index in [1.54, 1.807) is 35.7 Å². The van der Waals surface area contributed by atoms with Gasteiger partial charge in [-0.2, -0.15) is 0 Å². The average Bonchev–Trinajstić information content (AvgIpc) is 3.10. The fourth-order valence-electron chi connectivity index (χ4n) is 2.72. The zero-order valence-electron chi connectivity index (χ0n) is 13.1. The lowest BCUT2D eigenvalue weighted by atomic mass is 9.88. The van der Waals surface area contributed by atoms with E-state index in [4.69, 9.17) is 0 Å². The van der Waals surface area contributed by atoms with Gasteiger partial charge in [0.1, 0.15) is 16.3 Å². The molecule has 0 unspecified atom stereocenters. The predicted octanol–water partition coefficient (Wildman–Crippen LogP) is 0.266. The van der Waals surface area contributed by atoms with Crippen molar-refractivity contribution >= 4 is 17.2 Å². The molecule has 7 nitrogen and oxygen atoms in total. The van der Waals surface area contributed by atoms with Crippen LogP contribution < -0.4 is 5.32 Å². The number of thiazole rings is 1. The normalized spacial score (nSPS) is 24.7. The third-order valence-corrected chi connectivity index (χ3v) is 4.97. The molecule has 1 saturated heterocycles. The second-order valence-electron chi connectivity index (χ2n) is 5.93. The van der Waals surface area contributed by atoms with Crippen LogP contribution >= 0.6 is 11.3 Å². The van der Waals surface area contributed by atoms with Crippen LogP contribution in [0.1, 0.15) is 21.9 Å². The summed E-state index contributed by atoms with van der Waals surface area (Å²) in [6, 6.07) is 5.06. The van der Waals surface area contributed by atoms with Crippen LogP contribution in [0.15, 0.2) is 36.0 Å². The van der Waals surface area contributed by atoms with Gasteiger partial charge in [0.15, 0.2) is 0 Å². The second kappa shape index (κ2) is 7.35. The van der Waals surface area contributed by atoms with Gasteiger partial charge in [0.25, 0.3) is 5.91 Å². The van der Waals surface area contributed by atoms with Crippen molar-refractivity contribution in [3.63, 3.8) is 0 Å². The number of β-amino-alcohol motifs (C(OH)–C–C–N with tert-alkyl or cyclic N) is 1. The lowest BCUT2D eigenvalue weighted by molar-refractivity contribution is -0.116. The van der Waals surface area contributed by atoms with E-state index < -0.39 is 11.7 Å². The van der Waals surface area contributed by atoms with Gasteiger partial charge in [-0.25, -0.2) is 4.98 Å². The first kappa shape index (κ1) is 17.0. The minimum absolute atomic E-state index is 0.00529. The summed E-state index contributed by atoms with van der Waals surface area (Å²) in [6.07, 6.45) is 2.73. The lowest BCUT2D eigenvalue weighted by Crippen LogP contribution is -2.60. The monoisotopic (exact) mass is 348 g/mol. The number of nitrogens with zero attached hydrogens (tertiary/aromatic N) is 3. The number of hydrogen-bond acceptors (Lipinski definition) is 7. The minimum atomic E-state index is -1.33. The third kappa shape index (κ3) is 3.96. The molecular formula is C16H20N4O3S. The molecule has 0 bridgehead atoms. The number of pyridine rings is 1. The topological polar surface area (TPSA) is 98.6 Å². The Morgan fingerprint density at radius 1 is 1.42 bits per heavy atom. The minimum Gasteiger partial charge on any atom is -0.389 e. The Kier molecular flexibility index (Phi) is 5.20. The standard InChI is InChI=1S/C16H20N4O3S/c21-13-9-20(10-14-18-6-8-24-14)7-4-16(13,23)11-19-15(22)12-3-1-2-5-17-12/h1-3,5-6,8,13,21,23H,4,7,9-11H2,(H,19,22)/t13-,16-/m1/s1. The largest absolute Gasteiger partial charge is 0.389 e. The van der Waals surface area contributed by atoms with Gasteiger partial charge in [0.2, 0.25) is 0 Å². The van der Waals surface area contributed by atoms with Crippen molar-refractivity contribution in [1.82, 2.24) is 20.2 Å². The molecular weight excluding hydrogens is 328 g/mol. The van der Waals surface area contributed by atoms with E-state index in [1.165, 1.54) is 6.20 Å². The predicted molar refractivity (Wildman–Crippen MR) is 89.5 cm³/mol. The summed E-state index contributed by atoms with van der Waals surface area (Å²) in [5, 5.41) is 26.5. The van der Waals surface area contributed by atoms with E-state index >= 15 is 0 Å². The molecule has 8 heteroatoms. The van der Waals surface area contributed by atoms with Crippen molar-refractivity contribution in [3.8, 4) is 0 Å². The molecule has 1 aliphatic heterocycles. The third-order valence-electron chi connectivity index (χ3n) is 4.21. The molecule has 0 spiro atoms. The van der Waals surface area contributed by atoms with Gasteiger partial charge in [-0.1, -0.05) is 6.07 Å². The molecule has 128 valence electrons. The summed E-state index contributed by atoms with van der Waals surface area (Å²) < 4.78 is 0. The molecule has 3 rings (SSSR count). The number of hydrogen-bond donors (Lipinski definition) is 3.